The van der Waals surface area contributed by atoms with Gasteiger partial charge in [0.2, 0.25) is 0 Å². The molecule has 0 aliphatic rings. The summed E-state index contributed by atoms with van der Waals surface area (Å²) in [6.45, 7) is 1.92. The average molecular weight is 285 g/mol. The molecule has 4 nitrogen and oxygen atoms in total. The van der Waals surface area contributed by atoms with Crippen LogP contribution in [0.4, 0.5) is 5.69 Å². The fourth-order valence-electron chi connectivity index (χ4n) is 2.13. The Morgan fingerprint density at radius 1 is 1.00 bits per heavy atom. The van der Waals surface area contributed by atoms with Gasteiger partial charge in [0, 0.05) is 18.3 Å². The van der Waals surface area contributed by atoms with Crippen molar-refractivity contribution in [1.29, 1.82) is 0 Å². The number of carbonyl (C=O) groups excluding carboxylic acids is 1. The summed E-state index contributed by atoms with van der Waals surface area (Å²) in [7, 11) is 4.99. The molecule has 1 amide bonds. The quantitative estimate of drug-likeness (QED) is 0.865. The van der Waals surface area contributed by atoms with Gasteiger partial charge in [-0.3, -0.25) is 4.79 Å². The molecule has 0 spiro atoms. The highest BCUT2D eigenvalue weighted by atomic mass is 16.5. The zero-order valence-corrected chi connectivity index (χ0v) is 12.7. The molecule has 0 aromatic heterocycles. The smallest absolute Gasteiger partial charge is 0.258 e. The molecular formula is C17H19NO3. The van der Waals surface area contributed by atoms with E-state index in [0.717, 1.165) is 22.7 Å². The molecule has 110 valence electrons. The molecule has 2 aromatic carbocycles. The monoisotopic (exact) mass is 285 g/mol. The zero-order valence-electron chi connectivity index (χ0n) is 12.7. The van der Waals surface area contributed by atoms with Crippen LogP contribution in [0.25, 0.3) is 0 Å². The van der Waals surface area contributed by atoms with Crippen molar-refractivity contribution in [1.82, 2.24) is 0 Å². The maximum Gasteiger partial charge on any atom is 0.258 e. The number of hydrogen-bond acceptors (Lipinski definition) is 3. The number of hydrogen-bond donors (Lipinski definition) is 0. The molecule has 0 radical (unpaired) electrons. The van der Waals surface area contributed by atoms with E-state index in [-0.39, 0.29) is 5.91 Å². The Hall–Kier alpha value is -2.49. The van der Waals surface area contributed by atoms with E-state index in [1.165, 1.54) is 0 Å². The minimum atomic E-state index is -0.0640. The van der Waals surface area contributed by atoms with E-state index in [2.05, 4.69) is 0 Å². The molecule has 0 aliphatic heterocycles. The van der Waals surface area contributed by atoms with Crippen LogP contribution in [0.5, 0.6) is 11.5 Å². The van der Waals surface area contributed by atoms with E-state index < -0.39 is 0 Å². The Labute approximate surface area is 124 Å². The van der Waals surface area contributed by atoms with Gasteiger partial charge in [0.05, 0.1) is 14.2 Å². The molecule has 0 N–H and O–H groups in total. The highest BCUT2D eigenvalue weighted by Crippen LogP contribution is 2.22. The van der Waals surface area contributed by atoms with Crippen LogP contribution in [0.2, 0.25) is 0 Å². The first-order chi connectivity index (χ1) is 10.1. The first-order valence-electron chi connectivity index (χ1n) is 6.63. The molecule has 0 fully saturated rings. The third-order valence-electron chi connectivity index (χ3n) is 3.41. The van der Waals surface area contributed by atoms with Gasteiger partial charge in [0.25, 0.3) is 5.91 Å². The third-order valence-corrected chi connectivity index (χ3v) is 3.41. The van der Waals surface area contributed by atoms with E-state index in [0.29, 0.717) is 5.56 Å². The SMILES string of the molecule is COc1ccc(N(C)C(=O)c2ccc(OC)c(C)c2)cc1. The summed E-state index contributed by atoms with van der Waals surface area (Å²) in [5.74, 6) is 1.48. The van der Waals surface area contributed by atoms with Crippen molar-refractivity contribution >= 4 is 11.6 Å². The predicted molar refractivity (Wildman–Crippen MR) is 83.5 cm³/mol. The maximum absolute atomic E-state index is 12.5. The largest absolute Gasteiger partial charge is 0.497 e. The number of anilines is 1. The summed E-state index contributed by atoms with van der Waals surface area (Å²) in [5, 5.41) is 0. The Morgan fingerprint density at radius 2 is 1.67 bits per heavy atom. The van der Waals surface area contributed by atoms with Crippen LogP contribution >= 0.6 is 0 Å². The zero-order chi connectivity index (χ0) is 15.4. The Bertz CT molecular complexity index is 635. The normalized spacial score (nSPS) is 10.1. The van der Waals surface area contributed by atoms with Crippen LogP contribution in [-0.2, 0) is 0 Å². The van der Waals surface area contributed by atoms with Gasteiger partial charge < -0.3 is 14.4 Å². The van der Waals surface area contributed by atoms with Gasteiger partial charge in [-0.25, -0.2) is 0 Å². The molecule has 2 aromatic rings. The van der Waals surface area contributed by atoms with Crippen LogP contribution in [0.3, 0.4) is 0 Å². The van der Waals surface area contributed by atoms with Gasteiger partial charge in [-0.15, -0.1) is 0 Å². The van der Waals surface area contributed by atoms with E-state index in [9.17, 15) is 4.79 Å². The van der Waals surface area contributed by atoms with Crippen LogP contribution in [0.15, 0.2) is 42.5 Å². The molecule has 0 saturated heterocycles. The van der Waals surface area contributed by atoms with E-state index in [1.807, 2.05) is 43.3 Å². The summed E-state index contributed by atoms with van der Waals surface area (Å²) in [5.41, 5.74) is 2.38. The maximum atomic E-state index is 12.5. The summed E-state index contributed by atoms with van der Waals surface area (Å²) >= 11 is 0. The lowest BCUT2D eigenvalue weighted by Gasteiger charge is -2.18. The third kappa shape index (κ3) is 3.16. The lowest BCUT2D eigenvalue weighted by molar-refractivity contribution is 0.0993. The Balaban J connectivity index is 2.23. The summed E-state index contributed by atoms with van der Waals surface area (Å²) < 4.78 is 10.3. The van der Waals surface area contributed by atoms with Crippen LogP contribution in [0.1, 0.15) is 15.9 Å². The highest BCUT2D eigenvalue weighted by molar-refractivity contribution is 6.05. The van der Waals surface area contributed by atoms with Crippen molar-refractivity contribution < 1.29 is 14.3 Å². The Kier molecular flexibility index (Phi) is 4.48. The lowest BCUT2D eigenvalue weighted by atomic mass is 10.1. The van der Waals surface area contributed by atoms with E-state index in [4.69, 9.17) is 9.47 Å². The molecule has 0 heterocycles. The fourth-order valence-corrected chi connectivity index (χ4v) is 2.13. The van der Waals surface area contributed by atoms with E-state index in [1.54, 1.807) is 32.2 Å². The predicted octanol–water partition coefficient (Wildman–Crippen LogP) is 3.29. The molecule has 2 rings (SSSR count). The van der Waals surface area contributed by atoms with Crippen molar-refractivity contribution in [2.45, 2.75) is 6.92 Å². The van der Waals surface area contributed by atoms with E-state index >= 15 is 0 Å². The molecule has 0 saturated carbocycles. The van der Waals surface area contributed by atoms with Crippen molar-refractivity contribution in [2.75, 3.05) is 26.2 Å². The first kappa shape index (κ1) is 14.9. The van der Waals surface area contributed by atoms with Crippen molar-refractivity contribution in [3.63, 3.8) is 0 Å². The number of nitrogens with zero attached hydrogens (tertiary/aromatic N) is 1. The lowest BCUT2D eigenvalue weighted by Crippen LogP contribution is -2.26. The van der Waals surface area contributed by atoms with Crippen molar-refractivity contribution in [2.24, 2.45) is 0 Å². The van der Waals surface area contributed by atoms with Crippen molar-refractivity contribution in [3.05, 3.63) is 53.6 Å². The second kappa shape index (κ2) is 6.31. The summed E-state index contributed by atoms with van der Waals surface area (Å²) in [6.07, 6.45) is 0. The van der Waals surface area contributed by atoms with Gasteiger partial charge in [0.15, 0.2) is 0 Å². The van der Waals surface area contributed by atoms with Crippen LogP contribution in [0, 0.1) is 6.92 Å². The molecular weight excluding hydrogens is 266 g/mol. The molecule has 0 unspecified atom stereocenters. The Morgan fingerprint density at radius 3 is 2.19 bits per heavy atom. The van der Waals surface area contributed by atoms with Crippen molar-refractivity contribution in [3.8, 4) is 11.5 Å². The number of benzene rings is 2. The van der Waals surface area contributed by atoms with Gasteiger partial charge >= 0.3 is 0 Å². The number of amides is 1. The number of rotatable bonds is 4. The van der Waals surface area contributed by atoms with Gasteiger partial charge in [-0.2, -0.15) is 0 Å². The second-order valence-corrected chi connectivity index (χ2v) is 4.75. The number of carbonyl (C=O) groups is 1. The minimum Gasteiger partial charge on any atom is -0.497 e. The van der Waals surface area contributed by atoms with Gasteiger partial charge in [-0.1, -0.05) is 0 Å². The topological polar surface area (TPSA) is 38.8 Å². The number of methoxy groups -OCH3 is 2. The van der Waals surface area contributed by atoms with Crippen LogP contribution in [-0.4, -0.2) is 27.2 Å². The minimum absolute atomic E-state index is 0.0640. The summed E-state index contributed by atoms with van der Waals surface area (Å²) in [6, 6.07) is 12.8. The average Bonchev–Trinajstić information content (AvgIpc) is 2.53. The molecule has 0 bridgehead atoms. The standard InChI is InChI=1S/C17H19NO3/c1-12-11-13(5-10-16(12)21-4)17(19)18(2)14-6-8-15(20-3)9-7-14/h5-11H,1-4H3. The first-order valence-corrected chi connectivity index (χ1v) is 6.63. The number of ether oxygens (including phenoxy) is 2. The van der Waals surface area contributed by atoms with Gasteiger partial charge in [-0.05, 0) is 55.0 Å². The molecule has 21 heavy (non-hydrogen) atoms. The number of aryl methyl sites for hydroxylation is 1. The molecule has 4 heteroatoms. The molecule has 0 atom stereocenters. The fraction of sp³-hybridized carbons (Fsp3) is 0.235. The molecule has 0 aliphatic carbocycles. The highest BCUT2D eigenvalue weighted by Gasteiger charge is 2.14. The van der Waals surface area contributed by atoms with Gasteiger partial charge in [0.1, 0.15) is 11.5 Å². The second-order valence-electron chi connectivity index (χ2n) is 4.75. The van der Waals surface area contributed by atoms with Crippen LogP contribution < -0.4 is 14.4 Å². The summed E-state index contributed by atoms with van der Waals surface area (Å²) in [4.78, 5) is 14.1.